The Bertz CT molecular complexity index is 1180. The van der Waals surface area contributed by atoms with E-state index in [-0.39, 0.29) is 17.7 Å². The number of aromatic nitrogens is 1. The first-order valence-electron chi connectivity index (χ1n) is 10.9. The van der Waals surface area contributed by atoms with E-state index < -0.39 is 6.04 Å². The lowest BCUT2D eigenvalue weighted by Crippen LogP contribution is -2.52. The van der Waals surface area contributed by atoms with E-state index in [0.717, 1.165) is 28.6 Å². The highest BCUT2D eigenvalue weighted by Gasteiger charge is 2.32. The van der Waals surface area contributed by atoms with Crippen molar-refractivity contribution in [2.75, 3.05) is 20.8 Å². The van der Waals surface area contributed by atoms with Crippen LogP contribution in [0.4, 0.5) is 0 Å². The maximum Gasteiger partial charge on any atom is 0.252 e. The molecule has 1 aliphatic rings. The van der Waals surface area contributed by atoms with Crippen LogP contribution in [0.1, 0.15) is 35.5 Å². The number of H-pyrrole nitrogens is 1. The number of amides is 2. The van der Waals surface area contributed by atoms with E-state index >= 15 is 0 Å². The van der Waals surface area contributed by atoms with Gasteiger partial charge in [0.1, 0.15) is 17.5 Å². The highest BCUT2D eigenvalue weighted by molar-refractivity contribution is 6.31. The van der Waals surface area contributed by atoms with E-state index in [4.69, 9.17) is 21.1 Å². The zero-order valence-corrected chi connectivity index (χ0v) is 20.0. The van der Waals surface area contributed by atoms with Crippen molar-refractivity contribution in [2.24, 2.45) is 5.92 Å². The van der Waals surface area contributed by atoms with Crippen molar-refractivity contribution in [1.82, 2.24) is 15.2 Å². The summed E-state index contributed by atoms with van der Waals surface area (Å²) in [7, 11) is 3.05. The third-order valence-electron chi connectivity index (χ3n) is 6.08. The smallest absolute Gasteiger partial charge is 0.252 e. The normalized spacial score (nSPS) is 14.2. The highest BCUT2D eigenvalue weighted by Crippen LogP contribution is 2.30. The molecule has 1 unspecified atom stereocenters. The second-order valence-corrected chi connectivity index (χ2v) is 9.01. The topological polar surface area (TPSA) is 83.7 Å². The second-order valence-electron chi connectivity index (χ2n) is 8.58. The first-order chi connectivity index (χ1) is 15.8. The summed E-state index contributed by atoms with van der Waals surface area (Å²) in [5.41, 5.74) is 3.60. The average molecular weight is 470 g/mol. The number of nitrogens with one attached hydrogen (secondary N) is 2. The van der Waals surface area contributed by atoms with Crippen LogP contribution in [0.2, 0.25) is 5.02 Å². The van der Waals surface area contributed by atoms with Gasteiger partial charge in [-0.2, -0.15) is 0 Å². The van der Waals surface area contributed by atoms with E-state index in [1.54, 1.807) is 18.2 Å². The first-order valence-corrected chi connectivity index (χ1v) is 11.3. The van der Waals surface area contributed by atoms with Gasteiger partial charge in [0.25, 0.3) is 5.91 Å². The fourth-order valence-electron chi connectivity index (χ4n) is 4.25. The Morgan fingerprint density at radius 1 is 1.09 bits per heavy atom. The molecule has 7 nitrogen and oxygen atoms in total. The lowest BCUT2D eigenvalue weighted by atomic mass is 9.99. The summed E-state index contributed by atoms with van der Waals surface area (Å²) in [5, 5.41) is 4.62. The molecular formula is C25H28ClN3O4. The molecule has 0 bridgehead atoms. The highest BCUT2D eigenvalue weighted by atomic mass is 35.5. The van der Waals surface area contributed by atoms with E-state index in [1.807, 2.05) is 36.9 Å². The van der Waals surface area contributed by atoms with E-state index in [0.29, 0.717) is 35.2 Å². The monoisotopic (exact) mass is 469 g/mol. The Balaban J connectivity index is 1.55. The number of fused-ring (bicyclic) bond motifs is 3. The molecule has 174 valence electrons. The summed E-state index contributed by atoms with van der Waals surface area (Å²) in [4.78, 5) is 31.8. The molecule has 0 saturated heterocycles. The average Bonchev–Trinajstić information content (AvgIpc) is 3.18. The Hall–Kier alpha value is -3.19. The molecule has 0 radical (unpaired) electrons. The van der Waals surface area contributed by atoms with Gasteiger partial charge in [-0.1, -0.05) is 25.4 Å². The van der Waals surface area contributed by atoms with Crippen LogP contribution in [0, 0.1) is 5.92 Å². The predicted molar refractivity (Wildman–Crippen MR) is 128 cm³/mol. The number of carbonyl (C=O) groups excluding carboxylic acids is 2. The van der Waals surface area contributed by atoms with Gasteiger partial charge >= 0.3 is 0 Å². The number of carbonyl (C=O) groups is 2. The molecule has 0 spiro atoms. The standard InChI is InChI=1S/C25H28ClN3O4/c1-14(2)23(28-24(30)15-9-17(32-3)12-18(10-15)33-4)25(31)29-8-7-22-20(13-29)19-11-16(26)5-6-21(19)27-22/h5-6,9-12,14,23,27H,7-8,13H2,1-4H3,(H,28,30). The molecule has 4 rings (SSSR count). The van der Waals surface area contributed by atoms with Gasteiger partial charge in [0.15, 0.2) is 0 Å². The van der Waals surface area contributed by atoms with Crippen LogP contribution in [0.25, 0.3) is 10.9 Å². The number of nitrogens with zero attached hydrogens (tertiary/aromatic N) is 1. The fraction of sp³-hybridized carbons (Fsp3) is 0.360. The number of hydrogen-bond acceptors (Lipinski definition) is 4. The Labute approximate surface area is 198 Å². The maximum absolute atomic E-state index is 13.5. The summed E-state index contributed by atoms with van der Waals surface area (Å²) in [6, 6.07) is 10.0. The number of aromatic amines is 1. The van der Waals surface area contributed by atoms with Crippen LogP contribution in [-0.4, -0.2) is 48.5 Å². The van der Waals surface area contributed by atoms with Gasteiger partial charge in [0.2, 0.25) is 5.91 Å². The van der Waals surface area contributed by atoms with Crippen LogP contribution >= 0.6 is 11.6 Å². The minimum atomic E-state index is -0.662. The number of hydrogen-bond donors (Lipinski definition) is 2. The molecule has 1 atom stereocenters. The molecule has 2 amide bonds. The van der Waals surface area contributed by atoms with Crippen molar-refractivity contribution in [3.05, 3.63) is 58.2 Å². The van der Waals surface area contributed by atoms with Crippen LogP contribution in [0.3, 0.4) is 0 Å². The summed E-state index contributed by atoms with van der Waals surface area (Å²) in [5.74, 6) is 0.473. The zero-order valence-electron chi connectivity index (χ0n) is 19.2. The third-order valence-corrected chi connectivity index (χ3v) is 6.32. The van der Waals surface area contributed by atoms with Crippen molar-refractivity contribution in [3.63, 3.8) is 0 Å². The molecule has 33 heavy (non-hydrogen) atoms. The number of methoxy groups -OCH3 is 2. The number of rotatable bonds is 6. The van der Waals surface area contributed by atoms with E-state index in [9.17, 15) is 9.59 Å². The van der Waals surface area contributed by atoms with Crippen molar-refractivity contribution in [2.45, 2.75) is 32.9 Å². The molecular weight excluding hydrogens is 442 g/mol. The van der Waals surface area contributed by atoms with Gasteiger partial charge in [-0.15, -0.1) is 0 Å². The summed E-state index contributed by atoms with van der Waals surface area (Å²) in [6.45, 7) is 4.91. The van der Waals surface area contributed by atoms with Crippen LogP contribution < -0.4 is 14.8 Å². The number of benzene rings is 2. The van der Waals surface area contributed by atoms with Gasteiger partial charge in [-0.25, -0.2) is 0 Å². The molecule has 2 heterocycles. The minimum absolute atomic E-state index is 0.0900. The van der Waals surface area contributed by atoms with Crippen molar-refractivity contribution >= 4 is 34.3 Å². The molecule has 8 heteroatoms. The van der Waals surface area contributed by atoms with Gasteiger partial charge < -0.3 is 24.7 Å². The predicted octanol–water partition coefficient (Wildman–Crippen LogP) is 4.18. The molecule has 0 saturated carbocycles. The number of halogens is 1. The molecule has 1 aliphatic heterocycles. The van der Waals surface area contributed by atoms with Crippen LogP contribution in [0.15, 0.2) is 36.4 Å². The Kier molecular flexibility index (Phi) is 6.51. The lowest BCUT2D eigenvalue weighted by Gasteiger charge is -2.32. The van der Waals surface area contributed by atoms with Gasteiger partial charge in [0.05, 0.1) is 14.2 Å². The Morgan fingerprint density at radius 3 is 2.42 bits per heavy atom. The Morgan fingerprint density at radius 2 is 1.79 bits per heavy atom. The van der Waals surface area contributed by atoms with Crippen LogP contribution in [-0.2, 0) is 17.8 Å². The SMILES string of the molecule is COc1cc(OC)cc(C(=O)NC(C(=O)N2CCc3[nH]c4ccc(Cl)cc4c3C2)C(C)C)c1. The molecule has 0 aliphatic carbocycles. The summed E-state index contributed by atoms with van der Waals surface area (Å²) >= 11 is 6.21. The minimum Gasteiger partial charge on any atom is -0.497 e. The van der Waals surface area contributed by atoms with Crippen LogP contribution in [0.5, 0.6) is 11.5 Å². The van der Waals surface area contributed by atoms with Crippen molar-refractivity contribution < 1.29 is 19.1 Å². The fourth-order valence-corrected chi connectivity index (χ4v) is 4.42. The molecule has 2 aromatic carbocycles. The van der Waals surface area contributed by atoms with E-state index in [2.05, 4.69) is 10.3 Å². The lowest BCUT2D eigenvalue weighted by molar-refractivity contribution is -0.135. The summed E-state index contributed by atoms with van der Waals surface area (Å²) in [6.07, 6.45) is 0.721. The third kappa shape index (κ3) is 4.64. The first kappa shape index (κ1) is 23.0. The zero-order chi connectivity index (χ0) is 23.7. The molecule has 2 N–H and O–H groups in total. The molecule has 0 fully saturated rings. The number of ether oxygens (including phenoxy) is 2. The largest absolute Gasteiger partial charge is 0.497 e. The van der Waals surface area contributed by atoms with Gasteiger partial charge in [0, 0.05) is 58.3 Å². The van der Waals surface area contributed by atoms with Gasteiger partial charge in [-0.3, -0.25) is 9.59 Å². The maximum atomic E-state index is 13.5. The second kappa shape index (κ2) is 9.35. The molecule has 1 aromatic heterocycles. The quantitative estimate of drug-likeness (QED) is 0.567. The van der Waals surface area contributed by atoms with Crippen molar-refractivity contribution in [3.8, 4) is 11.5 Å². The van der Waals surface area contributed by atoms with E-state index in [1.165, 1.54) is 14.2 Å². The molecule has 3 aromatic rings. The van der Waals surface area contributed by atoms with Gasteiger partial charge in [-0.05, 0) is 36.2 Å². The van der Waals surface area contributed by atoms with Crippen molar-refractivity contribution in [1.29, 1.82) is 0 Å². The summed E-state index contributed by atoms with van der Waals surface area (Å²) < 4.78 is 10.5.